The summed E-state index contributed by atoms with van der Waals surface area (Å²) in [5, 5.41) is 7.51. The third kappa shape index (κ3) is 6.03. The molecule has 0 atom stereocenters. The molecule has 5 nitrogen and oxygen atoms in total. The molecular formula is C15H20BrN3O2S. The van der Waals surface area contributed by atoms with Gasteiger partial charge in [0.1, 0.15) is 6.61 Å². The van der Waals surface area contributed by atoms with Gasteiger partial charge in [-0.25, -0.2) is 0 Å². The Labute approximate surface area is 144 Å². The zero-order valence-corrected chi connectivity index (χ0v) is 15.1. The zero-order chi connectivity index (χ0) is 16.4. The van der Waals surface area contributed by atoms with Gasteiger partial charge in [0.25, 0.3) is 0 Å². The lowest BCUT2D eigenvalue weighted by molar-refractivity contribution is 0.295. The van der Waals surface area contributed by atoms with Gasteiger partial charge in [-0.3, -0.25) is 5.43 Å². The third-order valence-corrected chi connectivity index (χ3v) is 3.22. The summed E-state index contributed by atoms with van der Waals surface area (Å²) in [5.41, 5.74) is 3.60. The minimum absolute atomic E-state index is 0.407. The standard InChI is InChI=1S/C15H20BrN3O2S/c1-4-7-21-14-12(16)8-11(9-13(14)20-6-3)10-18-19-15(22)17-5-2/h4,8-10H,1,5-7H2,2-3H3,(H2,17,19,22)/b18-10-. The maximum absolute atomic E-state index is 5.62. The molecule has 0 aliphatic rings. The molecule has 0 fully saturated rings. The number of nitrogens with one attached hydrogen (secondary N) is 2. The van der Waals surface area contributed by atoms with Crippen molar-refractivity contribution in [3.8, 4) is 11.5 Å². The largest absolute Gasteiger partial charge is 0.490 e. The van der Waals surface area contributed by atoms with Crippen LogP contribution in [0.5, 0.6) is 11.5 Å². The van der Waals surface area contributed by atoms with E-state index in [0.29, 0.717) is 29.8 Å². The number of hydrazone groups is 1. The van der Waals surface area contributed by atoms with Crippen molar-refractivity contribution < 1.29 is 9.47 Å². The van der Waals surface area contributed by atoms with E-state index < -0.39 is 0 Å². The van der Waals surface area contributed by atoms with Crippen LogP contribution in [0.1, 0.15) is 19.4 Å². The van der Waals surface area contributed by atoms with Gasteiger partial charge in [0.15, 0.2) is 16.6 Å². The van der Waals surface area contributed by atoms with E-state index in [0.717, 1.165) is 16.6 Å². The van der Waals surface area contributed by atoms with Crippen LogP contribution in [0.2, 0.25) is 0 Å². The first-order valence-corrected chi connectivity index (χ1v) is 8.09. The molecule has 22 heavy (non-hydrogen) atoms. The second kappa shape index (κ2) is 10.2. The maximum Gasteiger partial charge on any atom is 0.186 e. The Hall–Kier alpha value is -1.60. The van der Waals surface area contributed by atoms with E-state index in [1.165, 1.54) is 0 Å². The minimum Gasteiger partial charge on any atom is -0.490 e. The number of nitrogens with zero attached hydrogens (tertiary/aromatic N) is 1. The Bertz CT molecular complexity index is 550. The van der Waals surface area contributed by atoms with Crippen LogP contribution in [-0.4, -0.2) is 31.1 Å². The Morgan fingerprint density at radius 2 is 2.18 bits per heavy atom. The summed E-state index contributed by atoms with van der Waals surface area (Å²) < 4.78 is 12.0. The van der Waals surface area contributed by atoms with Crippen LogP contribution >= 0.6 is 28.1 Å². The van der Waals surface area contributed by atoms with E-state index in [1.54, 1.807) is 12.3 Å². The molecule has 1 aromatic rings. The highest BCUT2D eigenvalue weighted by Gasteiger charge is 2.11. The van der Waals surface area contributed by atoms with Crippen molar-refractivity contribution in [1.29, 1.82) is 0 Å². The molecular weight excluding hydrogens is 366 g/mol. The molecule has 0 aliphatic carbocycles. The highest BCUT2D eigenvalue weighted by molar-refractivity contribution is 9.10. The fourth-order valence-electron chi connectivity index (χ4n) is 1.57. The smallest absolute Gasteiger partial charge is 0.186 e. The van der Waals surface area contributed by atoms with Crippen LogP contribution < -0.4 is 20.2 Å². The van der Waals surface area contributed by atoms with Gasteiger partial charge in [0.05, 0.1) is 17.3 Å². The second-order valence-corrected chi connectivity index (χ2v) is 5.35. The zero-order valence-electron chi connectivity index (χ0n) is 12.7. The summed E-state index contributed by atoms with van der Waals surface area (Å²) in [6, 6.07) is 3.75. The van der Waals surface area contributed by atoms with E-state index in [1.807, 2.05) is 26.0 Å². The molecule has 0 radical (unpaired) electrons. The van der Waals surface area contributed by atoms with Gasteiger partial charge in [-0.1, -0.05) is 12.7 Å². The maximum atomic E-state index is 5.62. The van der Waals surface area contributed by atoms with Gasteiger partial charge < -0.3 is 14.8 Å². The molecule has 1 rings (SSSR count). The molecule has 0 unspecified atom stereocenters. The second-order valence-electron chi connectivity index (χ2n) is 4.09. The van der Waals surface area contributed by atoms with Crippen LogP contribution in [0.15, 0.2) is 34.4 Å². The number of thiocarbonyl (C=S) groups is 1. The molecule has 0 heterocycles. The van der Waals surface area contributed by atoms with Crippen LogP contribution in [-0.2, 0) is 0 Å². The van der Waals surface area contributed by atoms with Crippen LogP contribution in [0.3, 0.4) is 0 Å². The molecule has 0 amide bonds. The van der Waals surface area contributed by atoms with Crippen molar-refractivity contribution in [2.75, 3.05) is 19.8 Å². The Morgan fingerprint density at radius 3 is 2.82 bits per heavy atom. The molecule has 0 bridgehead atoms. The Kier molecular flexibility index (Phi) is 8.54. The van der Waals surface area contributed by atoms with Crippen molar-refractivity contribution in [3.63, 3.8) is 0 Å². The third-order valence-electron chi connectivity index (χ3n) is 2.39. The molecule has 0 saturated carbocycles. The van der Waals surface area contributed by atoms with E-state index in [-0.39, 0.29) is 0 Å². The van der Waals surface area contributed by atoms with Gasteiger partial charge in [-0.15, -0.1) is 0 Å². The highest BCUT2D eigenvalue weighted by atomic mass is 79.9. The average molecular weight is 386 g/mol. The first-order chi connectivity index (χ1) is 10.6. The number of hydrogen-bond acceptors (Lipinski definition) is 4. The van der Waals surface area contributed by atoms with Gasteiger partial charge in [-0.2, -0.15) is 5.10 Å². The molecule has 120 valence electrons. The molecule has 2 N–H and O–H groups in total. The number of ether oxygens (including phenoxy) is 2. The fourth-order valence-corrected chi connectivity index (χ4v) is 2.34. The summed E-state index contributed by atoms with van der Waals surface area (Å²) in [6.45, 7) is 9.22. The normalized spacial score (nSPS) is 10.3. The minimum atomic E-state index is 0.407. The van der Waals surface area contributed by atoms with Crippen molar-refractivity contribution in [2.45, 2.75) is 13.8 Å². The number of rotatable bonds is 8. The number of halogens is 1. The monoisotopic (exact) mass is 385 g/mol. The summed E-state index contributed by atoms with van der Waals surface area (Å²) in [6.07, 6.45) is 3.34. The van der Waals surface area contributed by atoms with Crippen molar-refractivity contribution >= 4 is 39.5 Å². The van der Waals surface area contributed by atoms with Crippen LogP contribution in [0.25, 0.3) is 0 Å². The van der Waals surface area contributed by atoms with Gasteiger partial charge in [0, 0.05) is 6.54 Å². The first-order valence-electron chi connectivity index (χ1n) is 6.89. The van der Waals surface area contributed by atoms with Crippen LogP contribution in [0, 0.1) is 0 Å². The van der Waals surface area contributed by atoms with E-state index in [9.17, 15) is 0 Å². The van der Waals surface area contributed by atoms with Crippen LogP contribution in [0.4, 0.5) is 0 Å². The lowest BCUT2D eigenvalue weighted by Gasteiger charge is -2.13. The number of benzene rings is 1. The highest BCUT2D eigenvalue weighted by Crippen LogP contribution is 2.36. The van der Waals surface area contributed by atoms with Gasteiger partial charge >= 0.3 is 0 Å². The summed E-state index contributed by atoms with van der Waals surface area (Å²) in [7, 11) is 0. The van der Waals surface area contributed by atoms with E-state index in [2.05, 4.69) is 38.4 Å². The summed E-state index contributed by atoms with van der Waals surface area (Å²) in [5.74, 6) is 1.30. The average Bonchev–Trinajstić information content (AvgIpc) is 2.47. The van der Waals surface area contributed by atoms with Crippen molar-refractivity contribution in [1.82, 2.24) is 10.7 Å². The quantitative estimate of drug-likeness (QED) is 0.311. The molecule has 0 spiro atoms. The molecule has 0 aliphatic heterocycles. The SMILES string of the molecule is C=CCOc1c(Br)cc(/C=N\NC(=S)NCC)cc1OCC. The molecule has 1 aromatic carbocycles. The Morgan fingerprint density at radius 1 is 1.41 bits per heavy atom. The lowest BCUT2D eigenvalue weighted by Crippen LogP contribution is -2.31. The molecule has 0 saturated heterocycles. The van der Waals surface area contributed by atoms with Gasteiger partial charge in [-0.05, 0) is 59.7 Å². The van der Waals surface area contributed by atoms with Gasteiger partial charge in [0.2, 0.25) is 0 Å². The topological polar surface area (TPSA) is 54.9 Å². The predicted octanol–water partition coefficient (Wildman–Crippen LogP) is 3.23. The van der Waals surface area contributed by atoms with Crippen molar-refractivity contribution in [2.24, 2.45) is 5.10 Å². The summed E-state index contributed by atoms with van der Waals surface area (Å²) in [4.78, 5) is 0. The summed E-state index contributed by atoms with van der Waals surface area (Å²) >= 11 is 8.52. The first kappa shape index (κ1) is 18.4. The van der Waals surface area contributed by atoms with E-state index in [4.69, 9.17) is 21.7 Å². The molecule has 7 heteroatoms. The fraction of sp³-hybridized carbons (Fsp3) is 0.333. The lowest BCUT2D eigenvalue weighted by atomic mass is 10.2. The van der Waals surface area contributed by atoms with E-state index >= 15 is 0 Å². The van der Waals surface area contributed by atoms with Crippen molar-refractivity contribution in [3.05, 3.63) is 34.8 Å². The number of hydrogen-bond donors (Lipinski definition) is 2. The molecule has 0 aromatic heterocycles. The Balaban J connectivity index is 2.90. The predicted molar refractivity (Wildman–Crippen MR) is 98.0 cm³/mol.